The quantitative estimate of drug-likeness (QED) is 0.379. The minimum Gasteiger partial charge on any atom is -0.369 e. The standard InChI is InChI=1S/C26H32N4O4/c1-17(31)21-2-4-22(5-3-21)28-8-6-27(7-9-28)16-29-23(32)24(33)30(25(29)34)26-13-18-10-19(14-26)12-20(11-18)15-26/h2-5,18-20H,6-16H2,1H3. The van der Waals surface area contributed by atoms with Gasteiger partial charge in [-0.2, -0.15) is 0 Å². The normalized spacial score (nSPS) is 33.4. The van der Waals surface area contributed by atoms with Crippen molar-refractivity contribution in [1.82, 2.24) is 14.7 Å². The van der Waals surface area contributed by atoms with Gasteiger partial charge in [-0.15, -0.1) is 0 Å². The first kappa shape index (κ1) is 21.8. The van der Waals surface area contributed by atoms with Gasteiger partial charge in [0, 0.05) is 37.4 Å². The van der Waals surface area contributed by atoms with Crippen LogP contribution in [0.2, 0.25) is 0 Å². The summed E-state index contributed by atoms with van der Waals surface area (Å²) in [5, 5.41) is 0. The van der Waals surface area contributed by atoms with Gasteiger partial charge in [0.15, 0.2) is 5.78 Å². The monoisotopic (exact) mass is 464 g/mol. The van der Waals surface area contributed by atoms with Crippen LogP contribution in [0.1, 0.15) is 55.8 Å². The van der Waals surface area contributed by atoms with E-state index in [0.717, 1.165) is 38.0 Å². The number of carbonyl (C=O) groups excluding carboxylic acids is 4. The van der Waals surface area contributed by atoms with Gasteiger partial charge in [0.1, 0.15) is 0 Å². The third-order valence-corrected chi connectivity index (χ3v) is 8.89. The first-order chi connectivity index (χ1) is 16.3. The molecule has 2 saturated heterocycles. The van der Waals surface area contributed by atoms with Crippen LogP contribution in [-0.2, 0) is 9.59 Å². The Labute approximate surface area is 199 Å². The summed E-state index contributed by atoms with van der Waals surface area (Å²) in [6.45, 7) is 4.62. The molecule has 0 radical (unpaired) electrons. The predicted octanol–water partition coefficient (Wildman–Crippen LogP) is 2.73. The molecule has 4 aliphatic carbocycles. The summed E-state index contributed by atoms with van der Waals surface area (Å²) in [6, 6.07) is 7.20. The zero-order valence-corrected chi connectivity index (χ0v) is 19.7. The molecule has 6 aliphatic rings. The van der Waals surface area contributed by atoms with Gasteiger partial charge in [0.2, 0.25) is 0 Å². The van der Waals surface area contributed by atoms with E-state index in [9.17, 15) is 19.2 Å². The van der Waals surface area contributed by atoms with Gasteiger partial charge in [-0.1, -0.05) is 0 Å². The first-order valence-electron chi connectivity index (χ1n) is 12.6. The molecule has 2 heterocycles. The number of rotatable bonds is 5. The topological polar surface area (TPSA) is 81.2 Å². The van der Waals surface area contributed by atoms with E-state index in [4.69, 9.17) is 0 Å². The lowest BCUT2D eigenvalue weighted by atomic mass is 9.52. The van der Waals surface area contributed by atoms with Crippen molar-refractivity contribution in [3.63, 3.8) is 0 Å². The van der Waals surface area contributed by atoms with E-state index in [1.54, 1.807) is 6.92 Å². The zero-order valence-electron chi connectivity index (χ0n) is 19.7. The molecule has 1 aromatic carbocycles. The molecule has 4 bridgehead atoms. The number of ketones is 1. The highest BCUT2D eigenvalue weighted by Gasteiger charge is 2.61. The number of piperazine rings is 1. The van der Waals surface area contributed by atoms with E-state index >= 15 is 0 Å². The molecule has 34 heavy (non-hydrogen) atoms. The lowest BCUT2D eigenvalue weighted by molar-refractivity contribution is -0.150. The number of hydrogen-bond acceptors (Lipinski definition) is 6. The fourth-order valence-corrected chi connectivity index (χ4v) is 7.64. The van der Waals surface area contributed by atoms with Gasteiger partial charge in [-0.25, -0.2) is 14.6 Å². The fourth-order valence-electron chi connectivity index (χ4n) is 7.64. The molecule has 180 valence electrons. The number of Topliss-reactive ketones (excluding diaryl/α,β-unsaturated/α-hetero) is 1. The summed E-state index contributed by atoms with van der Waals surface area (Å²) in [6.07, 6.45) is 6.27. The maximum absolute atomic E-state index is 13.4. The number of benzene rings is 1. The van der Waals surface area contributed by atoms with Crippen molar-refractivity contribution in [2.45, 2.75) is 51.0 Å². The summed E-state index contributed by atoms with van der Waals surface area (Å²) < 4.78 is 0. The fraction of sp³-hybridized carbons (Fsp3) is 0.615. The first-order valence-corrected chi connectivity index (χ1v) is 12.6. The van der Waals surface area contributed by atoms with E-state index in [-0.39, 0.29) is 12.5 Å². The SMILES string of the molecule is CC(=O)c1ccc(N2CCN(CN3C(=O)C(=O)N(C45CC6CC(CC(C6)C4)C5)C3=O)CC2)cc1. The molecule has 2 aliphatic heterocycles. The van der Waals surface area contributed by atoms with Gasteiger partial charge in [-0.3, -0.25) is 19.3 Å². The molecule has 6 fully saturated rings. The lowest BCUT2D eigenvalue weighted by Crippen LogP contribution is -2.62. The van der Waals surface area contributed by atoms with Crippen LogP contribution in [-0.4, -0.2) is 76.7 Å². The highest BCUT2D eigenvalue weighted by atomic mass is 16.2. The number of carbonyl (C=O) groups is 4. The Morgan fingerprint density at radius 2 is 1.41 bits per heavy atom. The lowest BCUT2D eigenvalue weighted by Gasteiger charge is -2.58. The molecule has 4 saturated carbocycles. The molecule has 4 amide bonds. The number of anilines is 1. The maximum Gasteiger partial charge on any atom is 0.335 e. The molecule has 7 rings (SSSR count). The van der Waals surface area contributed by atoms with Crippen LogP contribution in [0.3, 0.4) is 0 Å². The minimum atomic E-state index is -0.664. The summed E-state index contributed by atoms with van der Waals surface area (Å²) in [5.74, 6) is 0.545. The van der Waals surface area contributed by atoms with E-state index in [2.05, 4.69) is 9.80 Å². The molecule has 8 heteroatoms. The second kappa shape index (κ2) is 7.90. The number of hydrogen-bond donors (Lipinski definition) is 0. The Bertz CT molecular complexity index is 1010. The molecule has 0 unspecified atom stereocenters. The largest absolute Gasteiger partial charge is 0.369 e. The smallest absolute Gasteiger partial charge is 0.335 e. The van der Waals surface area contributed by atoms with Crippen LogP contribution in [0.5, 0.6) is 0 Å². The highest BCUT2D eigenvalue weighted by molar-refractivity contribution is 6.44. The number of nitrogens with zero attached hydrogens (tertiary/aromatic N) is 4. The molecule has 0 aromatic heterocycles. The summed E-state index contributed by atoms with van der Waals surface area (Å²) in [4.78, 5) is 57.8. The molecule has 0 N–H and O–H groups in total. The van der Waals surface area contributed by atoms with Gasteiger partial charge in [0.05, 0.1) is 12.2 Å². The molecule has 0 spiro atoms. The molecule has 8 nitrogen and oxygen atoms in total. The molecule has 1 aromatic rings. The third-order valence-electron chi connectivity index (χ3n) is 8.89. The van der Waals surface area contributed by atoms with E-state index in [0.29, 0.717) is 36.4 Å². The van der Waals surface area contributed by atoms with Gasteiger partial charge in [0.25, 0.3) is 0 Å². The molecular weight excluding hydrogens is 432 g/mol. The Balaban J connectivity index is 1.11. The van der Waals surface area contributed by atoms with Crippen molar-refractivity contribution in [3.8, 4) is 0 Å². The average Bonchev–Trinajstić information content (AvgIpc) is 3.02. The van der Waals surface area contributed by atoms with E-state index < -0.39 is 23.4 Å². The van der Waals surface area contributed by atoms with Crippen LogP contribution in [0.15, 0.2) is 24.3 Å². The second-order valence-electron chi connectivity index (χ2n) is 11.1. The van der Waals surface area contributed by atoms with Crippen LogP contribution in [0.4, 0.5) is 10.5 Å². The van der Waals surface area contributed by atoms with Crippen LogP contribution in [0.25, 0.3) is 0 Å². The van der Waals surface area contributed by atoms with Crippen LogP contribution >= 0.6 is 0 Å². The Hall–Kier alpha value is -2.74. The van der Waals surface area contributed by atoms with Gasteiger partial charge >= 0.3 is 17.8 Å². The average molecular weight is 465 g/mol. The van der Waals surface area contributed by atoms with E-state index in [1.807, 2.05) is 24.3 Å². The molecule has 0 atom stereocenters. The number of amides is 4. The Kier molecular flexibility index (Phi) is 5.06. The number of imide groups is 2. The van der Waals surface area contributed by atoms with Crippen molar-refractivity contribution in [2.24, 2.45) is 17.8 Å². The second-order valence-corrected chi connectivity index (χ2v) is 11.1. The van der Waals surface area contributed by atoms with Crippen LogP contribution in [0, 0.1) is 17.8 Å². The van der Waals surface area contributed by atoms with E-state index in [1.165, 1.54) is 29.1 Å². The third kappa shape index (κ3) is 3.45. The number of urea groups is 1. The van der Waals surface area contributed by atoms with Crippen molar-refractivity contribution >= 4 is 29.3 Å². The Morgan fingerprint density at radius 3 is 1.94 bits per heavy atom. The zero-order chi connectivity index (χ0) is 23.6. The molecular formula is C26H32N4O4. The van der Waals surface area contributed by atoms with Crippen LogP contribution < -0.4 is 4.90 Å². The highest BCUT2D eigenvalue weighted by Crippen LogP contribution is 2.58. The van der Waals surface area contributed by atoms with Crippen molar-refractivity contribution < 1.29 is 19.2 Å². The van der Waals surface area contributed by atoms with Crippen molar-refractivity contribution in [3.05, 3.63) is 29.8 Å². The van der Waals surface area contributed by atoms with Gasteiger partial charge in [-0.05, 0) is 87.5 Å². The van der Waals surface area contributed by atoms with Crippen molar-refractivity contribution in [2.75, 3.05) is 37.7 Å². The summed E-state index contributed by atoms with van der Waals surface area (Å²) >= 11 is 0. The summed E-state index contributed by atoms with van der Waals surface area (Å²) in [5.41, 5.74) is 1.32. The van der Waals surface area contributed by atoms with Crippen molar-refractivity contribution in [1.29, 1.82) is 0 Å². The summed E-state index contributed by atoms with van der Waals surface area (Å²) in [7, 11) is 0. The maximum atomic E-state index is 13.4. The minimum absolute atomic E-state index is 0.0495. The van der Waals surface area contributed by atoms with Gasteiger partial charge < -0.3 is 4.90 Å². The Morgan fingerprint density at radius 1 is 0.853 bits per heavy atom. The predicted molar refractivity (Wildman–Crippen MR) is 125 cm³/mol.